The summed E-state index contributed by atoms with van der Waals surface area (Å²) in [6.07, 6.45) is 1.59. The van der Waals surface area contributed by atoms with Crippen LogP contribution in [0.1, 0.15) is 33.2 Å². The van der Waals surface area contributed by atoms with E-state index in [0.717, 1.165) is 0 Å². The van der Waals surface area contributed by atoms with Crippen molar-refractivity contribution in [3.63, 3.8) is 0 Å². The molecule has 2 rings (SSSR count). The monoisotopic (exact) mass is 341 g/mol. The molecular formula is C19H27N5O. The number of likely N-dealkylation sites (N-methyl/N-ethyl adjacent to an activating group) is 1. The molecule has 2 aromatic rings. The maximum absolute atomic E-state index is 12.5. The van der Waals surface area contributed by atoms with Crippen molar-refractivity contribution in [3.8, 4) is 0 Å². The van der Waals surface area contributed by atoms with E-state index in [0.29, 0.717) is 23.8 Å². The number of hydrogen-bond donors (Lipinski definition) is 1. The summed E-state index contributed by atoms with van der Waals surface area (Å²) in [4.78, 5) is 25.1. The number of nitrogens with one attached hydrogen (secondary N) is 1. The minimum atomic E-state index is -0.151. The first-order chi connectivity index (χ1) is 11.8. The smallest absolute Gasteiger partial charge is 0.254 e. The maximum atomic E-state index is 12.5. The Bertz CT molecular complexity index is 725. The molecule has 0 fully saturated rings. The second kappa shape index (κ2) is 8.07. The van der Waals surface area contributed by atoms with Crippen molar-refractivity contribution in [1.82, 2.24) is 20.2 Å². The average Bonchev–Trinajstić information content (AvgIpc) is 2.55. The van der Waals surface area contributed by atoms with Crippen molar-refractivity contribution >= 4 is 11.9 Å². The molecule has 0 radical (unpaired) electrons. The van der Waals surface area contributed by atoms with E-state index in [4.69, 9.17) is 0 Å². The van der Waals surface area contributed by atoms with Gasteiger partial charge in [0.05, 0.1) is 17.3 Å². The Morgan fingerprint density at radius 3 is 2.28 bits per heavy atom. The first kappa shape index (κ1) is 18.9. The van der Waals surface area contributed by atoms with Gasteiger partial charge in [0.2, 0.25) is 5.95 Å². The number of aromatic nitrogens is 2. The van der Waals surface area contributed by atoms with Crippen LogP contribution >= 0.6 is 0 Å². The number of carbonyl (C=O) groups is 1. The van der Waals surface area contributed by atoms with Gasteiger partial charge in [0.15, 0.2) is 0 Å². The minimum Gasteiger partial charge on any atom is -0.350 e. The van der Waals surface area contributed by atoms with Crippen LogP contribution in [0, 0.1) is 13.8 Å². The second-order valence-corrected chi connectivity index (χ2v) is 6.66. The summed E-state index contributed by atoms with van der Waals surface area (Å²) in [7, 11) is 7.77. The molecule has 0 saturated heterocycles. The maximum Gasteiger partial charge on any atom is 0.254 e. The molecule has 6 heteroatoms. The van der Waals surface area contributed by atoms with Gasteiger partial charge in [-0.25, -0.2) is 9.97 Å². The molecule has 0 bridgehead atoms. The second-order valence-electron chi connectivity index (χ2n) is 6.66. The fourth-order valence-corrected chi connectivity index (χ4v) is 2.56. The fourth-order valence-electron chi connectivity index (χ4n) is 2.56. The standard InChI is InChI=1S/C19H27N5O/c1-13-7-9-15(10-8-13)17(23(3)4)12-20-18(25)16-11-21-19(24(5)6)22-14(16)2/h7-11,17H,12H2,1-6H3,(H,20,25). The highest BCUT2D eigenvalue weighted by molar-refractivity contribution is 5.95. The van der Waals surface area contributed by atoms with Gasteiger partial charge in [-0.2, -0.15) is 0 Å². The Morgan fingerprint density at radius 1 is 1.12 bits per heavy atom. The van der Waals surface area contributed by atoms with E-state index in [2.05, 4.69) is 51.4 Å². The molecule has 1 N–H and O–H groups in total. The quantitative estimate of drug-likeness (QED) is 0.873. The summed E-state index contributed by atoms with van der Waals surface area (Å²) < 4.78 is 0. The molecule has 6 nitrogen and oxygen atoms in total. The summed E-state index contributed by atoms with van der Waals surface area (Å²) in [6, 6.07) is 8.49. The zero-order valence-electron chi connectivity index (χ0n) is 15.9. The summed E-state index contributed by atoms with van der Waals surface area (Å²) in [5, 5.41) is 3.01. The molecule has 0 aliphatic rings. The van der Waals surface area contributed by atoms with E-state index in [1.54, 1.807) is 6.20 Å². The molecule has 1 heterocycles. The molecule has 1 aromatic carbocycles. The highest BCUT2D eigenvalue weighted by atomic mass is 16.1. The van der Waals surface area contributed by atoms with Crippen LogP contribution in [-0.4, -0.2) is 55.5 Å². The van der Waals surface area contributed by atoms with Crippen molar-refractivity contribution < 1.29 is 4.79 Å². The normalized spacial score (nSPS) is 12.1. The number of aryl methyl sites for hydroxylation is 2. The van der Waals surface area contributed by atoms with E-state index < -0.39 is 0 Å². The molecule has 1 aromatic heterocycles. The van der Waals surface area contributed by atoms with Gasteiger partial charge in [-0.1, -0.05) is 29.8 Å². The SMILES string of the molecule is Cc1ccc(C(CNC(=O)c2cnc(N(C)C)nc2C)N(C)C)cc1. The molecular weight excluding hydrogens is 314 g/mol. The lowest BCUT2D eigenvalue weighted by Gasteiger charge is -2.25. The Kier molecular flexibility index (Phi) is 6.09. The third-order valence-corrected chi connectivity index (χ3v) is 4.15. The van der Waals surface area contributed by atoms with Gasteiger partial charge in [0.1, 0.15) is 0 Å². The van der Waals surface area contributed by atoms with Crippen LogP contribution in [0.4, 0.5) is 5.95 Å². The van der Waals surface area contributed by atoms with Crippen LogP contribution in [0.2, 0.25) is 0 Å². The van der Waals surface area contributed by atoms with Crippen LogP contribution in [-0.2, 0) is 0 Å². The van der Waals surface area contributed by atoms with Gasteiger partial charge in [-0.3, -0.25) is 4.79 Å². The topological polar surface area (TPSA) is 61.4 Å². The van der Waals surface area contributed by atoms with Crippen molar-refractivity contribution in [2.75, 3.05) is 39.6 Å². The largest absolute Gasteiger partial charge is 0.350 e. The third kappa shape index (κ3) is 4.76. The molecule has 0 aliphatic heterocycles. The van der Waals surface area contributed by atoms with E-state index in [1.807, 2.05) is 40.0 Å². The molecule has 0 saturated carbocycles. The summed E-state index contributed by atoms with van der Waals surface area (Å²) in [6.45, 7) is 4.41. The van der Waals surface area contributed by atoms with Crippen LogP contribution in [0.5, 0.6) is 0 Å². The predicted octanol–water partition coefficient (Wildman–Crippen LogP) is 2.19. The molecule has 0 spiro atoms. The first-order valence-corrected chi connectivity index (χ1v) is 8.31. The number of anilines is 1. The highest BCUT2D eigenvalue weighted by Gasteiger charge is 2.17. The van der Waals surface area contributed by atoms with Crippen molar-refractivity contribution in [3.05, 3.63) is 52.8 Å². The highest BCUT2D eigenvalue weighted by Crippen LogP contribution is 2.18. The molecule has 0 aliphatic carbocycles. The Morgan fingerprint density at radius 2 is 1.76 bits per heavy atom. The van der Waals surface area contributed by atoms with Crippen molar-refractivity contribution in [2.45, 2.75) is 19.9 Å². The summed E-state index contributed by atoms with van der Waals surface area (Å²) in [5.74, 6) is 0.446. The number of amides is 1. The van der Waals surface area contributed by atoms with Crippen LogP contribution in [0.15, 0.2) is 30.5 Å². The van der Waals surface area contributed by atoms with Crippen molar-refractivity contribution in [2.24, 2.45) is 0 Å². The first-order valence-electron chi connectivity index (χ1n) is 8.31. The van der Waals surface area contributed by atoms with Gasteiger partial charge in [0, 0.05) is 26.8 Å². The van der Waals surface area contributed by atoms with Gasteiger partial charge in [-0.15, -0.1) is 0 Å². The third-order valence-electron chi connectivity index (χ3n) is 4.15. The van der Waals surface area contributed by atoms with E-state index in [1.165, 1.54) is 11.1 Å². The van der Waals surface area contributed by atoms with Crippen LogP contribution < -0.4 is 10.2 Å². The Labute approximate surface area is 149 Å². The number of benzene rings is 1. The van der Waals surface area contributed by atoms with E-state index >= 15 is 0 Å². The minimum absolute atomic E-state index is 0.104. The lowest BCUT2D eigenvalue weighted by molar-refractivity contribution is 0.0940. The summed E-state index contributed by atoms with van der Waals surface area (Å²) in [5.41, 5.74) is 3.57. The number of nitrogens with zero attached hydrogens (tertiary/aromatic N) is 4. The lowest BCUT2D eigenvalue weighted by atomic mass is 10.0. The van der Waals surface area contributed by atoms with E-state index in [-0.39, 0.29) is 11.9 Å². The number of carbonyl (C=O) groups excluding carboxylic acids is 1. The number of rotatable bonds is 6. The van der Waals surface area contributed by atoms with Gasteiger partial charge in [0.25, 0.3) is 5.91 Å². The molecule has 1 amide bonds. The molecule has 1 atom stereocenters. The van der Waals surface area contributed by atoms with Gasteiger partial charge < -0.3 is 15.1 Å². The van der Waals surface area contributed by atoms with Gasteiger partial charge >= 0.3 is 0 Å². The van der Waals surface area contributed by atoms with Crippen LogP contribution in [0.25, 0.3) is 0 Å². The molecule has 25 heavy (non-hydrogen) atoms. The Balaban J connectivity index is 2.10. The van der Waals surface area contributed by atoms with Crippen LogP contribution in [0.3, 0.4) is 0 Å². The van der Waals surface area contributed by atoms with Gasteiger partial charge in [-0.05, 0) is 33.5 Å². The Hall–Kier alpha value is -2.47. The van der Waals surface area contributed by atoms with E-state index in [9.17, 15) is 4.79 Å². The molecule has 134 valence electrons. The molecule has 1 unspecified atom stereocenters. The zero-order valence-corrected chi connectivity index (χ0v) is 15.9. The zero-order chi connectivity index (χ0) is 18.6. The lowest BCUT2D eigenvalue weighted by Crippen LogP contribution is -2.35. The predicted molar refractivity (Wildman–Crippen MR) is 101 cm³/mol. The van der Waals surface area contributed by atoms with Crippen molar-refractivity contribution in [1.29, 1.82) is 0 Å². The average molecular weight is 341 g/mol. The number of hydrogen-bond acceptors (Lipinski definition) is 5. The summed E-state index contributed by atoms with van der Waals surface area (Å²) >= 11 is 0. The fraction of sp³-hybridized carbons (Fsp3) is 0.421.